The number of carbonyl (C=O) groups is 1. The average molecular weight is 337 g/mol. The maximum atomic E-state index is 12.3. The highest BCUT2D eigenvalue weighted by Gasteiger charge is 2.25. The molecule has 0 radical (unpaired) electrons. The van der Waals surface area contributed by atoms with Gasteiger partial charge in [-0.1, -0.05) is 39.0 Å². The van der Waals surface area contributed by atoms with E-state index in [4.69, 9.17) is 0 Å². The van der Waals surface area contributed by atoms with E-state index in [-0.39, 0.29) is 17.7 Å². The van der Waals surface area contributed by atoms with Crippen molar-refractivity contribution in [1.29, 1.82) is 0 Å². The summed E-state index contributed by atoms with van der Waals surface area (Å²) in [6, 6.07) is 6.53. The zero-order chi connectivity index (χ0) is 17.2. The monoisotopic (exact) mass is 337 g/mol. The fourth-order valence-electron chi connectivity index (χ4n) is 3.17. The Labute approximate surface area is 139 Å². The SMILES string of the molecule is CC(C)c1ccc2c(c1)[C@H](NC(=O)[C@H](C)CS(C)(=O)=O)CCC2. The molecule has 128 valence electrons. The lowest BCUT2D eigenvalue weighted by Crippen LogP contribution is -2.37. The minimum absolute atomic E-state index is 0.00744. The number of benzene rings is 1. The third-order valence-electron chi connectivity index (χ3n) is 4.47. The van der Waals surface area contributed by atoms with E-state index in [1.54, 1.807) is 6.92 Å². The first-order chi connectivity index (χ1) is 10.7. The van der Waals surface area contributed by atoms with Gasteiger partial charge in [0.25, 0.3) is 0 Å². The van der Waals surface area contributed by atoms with Crippen LogP contribution in [0.3, 0.4) is 0 Å². The number of carbonyl (C=O) groups excluding carboxylic acids is 1. The van der Waals surface area contributed by atoms with Crippen LogP contribution in [0.2, 0.25) is 0 Å². The van der Waals surface area contributed by atoms with Crippen LogP contribution in [0.1, 0.15) is 62.3 Å². The molecule has 1 aromatic carbocycles. The fourth-order valence-corrected chi connectivity index (χ4v) is 4.23. The lowest BCUT2D eigenvalue weighted by molar-refractivity contribution is -0.124. The van der Waals surface area contributed by atoms with Crippen molar-refractivity contribution in [2.45, 2.75) is 52.0 Å². The molecule has 0 aliphatic heterocycles. The molecule has 2 atom stereocenters. The average Bonchev–Trinajstić information content (AvgIpc) is 2.45. The molecule has 0 unspecified atom stereocenters. The largest absolute Gasteiger partial charge is 0.349 e. The summed E-state index contributed by atoms with van der Waals surface area (Å²) in [6.07, 6.45) is 4.16. The van der Waals surface area contributed by atoms with Gasteiger partial charge in [-0.2, -0.15) is 0 Å². The molecule has 1 aliphatic carbocycles. The van der Waals surface area contributed by atoms with Crippen molar-refractivity contribution in [2.75, 3.05) is 12.0 Å². The standard InChI is InChI=1S/C18H27NO3S/c1-12(2)15-9-8-14-6-5-7-17(16(14)10-15)19-18(20)13(3)11-23(4,21)22/h8-10,12-13,17H,5-7,11H2,1-4H3,(H,19,20)/t13-,17-/m1/s1. The van der Waals surface area contributed by atoms with Gasteiger partial charge in [0.05, 0.1) is 11.8 Å². The van der Waals surface area contributed by atoms with Gasteiger partial charge in [0.1, 0.15) is 9.84 Å². The second kappa shape index (κ2) is 7.04. The molecule has 0 heterocycles. The molecule has 0 saturated carbocycles. The van der Waals surface area contributed by atoms with E-state index >= 15 is 0 Å². The molecular formula is C18H27NO3S. The van der Waals surface area contributed by atoms with Crippen molar-refractivity contribution >= 4 is 15.7 Å². The molecule has 5 heteroatoms. The summed E-state index contributed by atoms with van der Waals surface area (Å²) in [5, 5.41) is 3.06. The molecule has 0 bridgehead atoms. The first kappa shape index (κ1) is 18.0. The van der Waals surface area contributed by atoms with Crippen LogP contribution in [0.4, 0.5) is 0 Å². The van der Waals surface area contributed by atoms with E-state index in [1.807, 2.05) is 0 Å². The predicted octanol–water partition coefficient (Wildman–Crippen LogP) is 2.98. The first-order valence-electron chi connectivity index (χ1n) is 8.28. The van der Waals surface area contributed by atoms with Crippen molar-refractivity contribution < 1.29 is 13.2 Å². The van der Waals surface area contributed by atoms with Crippen molar-refractivity contribution in [3.63, 3.8) is 0 Å². The van der Waals surface area contributed by atoms with Crippen LogP contribution in [0, 0.1) is 5.92 Å². The van der Waals surface area contributed by atoms with Gasteiger partial charge in [-0.15, -0.1) is 0 Å². The Bertz CT molecular complexity index is 680. The normalized spacial score (nSPS) is 19.3. The third-order valence-corrected chi connectivity index (χ3v) is 5.57. The molecular weight excluding hydrogens is 310 g/mol. The number of hydrogen-bond donors (Lipinski definition) is 1. The van der Waals surface area contributed by atoms with Gasteiger partial charge in [0.2, 0.25) is 5.91 Å². The minimum Gasteiger partial charge on any atom is -0.349 e. The second-order valence-electron chi connectivity index (χ2n) is 7.06. The number of fused-ring (bicyclic) bond motifs is 1. The Hall–Kier alpha value is -1.36. The Balaban J connectivity index is 2.16. The van der Waals surface area contributed by atoms with Crippen LogP contribution < -0.4 is 5.32 Å². The quantitative estimate of drug-likeness (QED) is 0.898. The van der Waals surface area contributed by atoms with E-state index in [0.717, 1.165) is 19.3 Å². The molecule has 0 fully saturated rings. The van der Waals surface area contributed by atoms with Crippen LogP contribution in [0.15, 0.2) is 18.2 Å². The minimum atomic E-state index is -3.15. The molecule has 1 N–H and O–H groups in total. The van der Waals surface area contributed by atoms with E-state index in [9.17, 15) is 13.2 Å². The zero-order valence-electron chi connectivity index (χ0n) is 14.4. The van der Waals surface area contributed by atoms with Crippen LogP contribution in [0.25, 0.3) is 0 Å². The Morgan fingerprint density at radius 3 is 2.61 bits per heavy atom. The number of sulfone groups is 1. The Morgan fingerprint density at radius 2 is 2.00 bits per heavy atom. The van der Waals surface area contributed by atoms with Gasteiger partial charge in [0.15, 0.2) is 0 Å². The van der Waals surface area contributed by atoms with E-state index < -0.39 is 15.8 Å². The topological polar surface area (TPSA) is 63.2 Å². The fraction of sp³-hybridized carbons (Fsp3) is 0.611. The lowest BCUT2D eigenvalue weighted by Gasteiger charge is -2.28. The number of nitrogens with one attached hydrogen (secondary N) is 1. The first-order valence-corrected chi connectivity index (χ1v) is 10.3. The maximum Gasteiger partial charge on any atom is 0.224 e. The van der Waals surface area contributed by atoms with Gasteiger partial charge < -0.3 is 5.32 Å². The molecule has 0 saturated heterocycles. The highest BCUT2D eigenvalue weighted by molar-refractivity contribution is 7.90. The van der Waals surface area contributed by atoms with E-state index in [0.29, 0.717) is 5.92 Å². The molecule has 0 aromatic heterocycles. The maximum absolute atomic E-state index is 12.3. The highest BCUT2D eigenvalue weighted by atomic mass is 32.2. The van der Waals surface area contributed by atoms with Gasteiger partial charge >= 0.3 is 0 Å². The summed E-state index contributed by atoms with van der Waals surface area (Å²) in [5.74, 6) is -0.362. The molecule has 1 aromatic rings. The summed E-state index contributed by atoms with van der Waals surface area (Å²) in [7, 11) is -3.15. The van der Waals surface area contributed by atoms with E-state index in [1.165, 1.54) is 22.9 Å². The molecule has 1 aliphatic rings. The molecule has 2 rings (SSSR count). The molecule has 4 nitrogen and oxygen atoms in total. The summed E-state index contributed by atoms with van der Waals surface area (Å²) >= 11 is 0. The van der Waals surface area contributed by atoms with E-state index in [2.05, 4.69) is 37.4 Å². The van der Waals surface area contributed by atoms with Crippen molar-refractivity contribution in [1.82, 2.24) is 5.32 Å². The second-order valence-corrected chi connectivity index (χ2v) is 9.24. The van der Waals surface area contributed by atoms with Crippen LogP contribution in [-0.2, 0) is 21.1 Å². The number of rotatable bonds is 5. The smallest absolute Gasteiger partial charge is 0.224 e. The Kier molecular flexibility index (Phi) is 5.50. The molecule has 1 amide bonds. The summed E-state index contributed by atoms with van der Waals surface area (Å²) in [6.45, 7) is 5.99. The van der Waals surface area contributed by atoms with Crippen molar-refractivity contribution in [3.05, 3.63) is 34.9 Å². The summed E-state index contributed by atoms with van der Waals surface area (Å²) in [4.78, 5) is 12.3. The van der Waals surface area contributed by atoms with Crippen LogP contribution >= 0.6 is 0 Å². The van der Waals surface area contributed by atoms with Gasteiger partial charge in [0, 0.05) is 12.2 Å². The zero-order valence-corrected chi connectivity index (χ0v) is 15.2. The van der Waals surface area contributed by atoms with Gasteiger partial charge in [-0.3, -0.25) is 4.79 Å². The van der Waals surface area contributed by atoms with Crippen molar-refractivity contribution in [2.24, 2.45) is 5.92 Å². The molecule has 23 heavy (non-hydrogen) atoms. The molecule has 0 spiro atoms. The van der Waals surface area contributed by atoms with Crippen molar-refractivity contribution in [3.8, 4) is 0 Å². The third kappa shape index (κ3) is 4.80. The number of amides is 1. The summed E-state index contributed by atoms with van der Waals surface area (Å²) in [5.41, 5.74) is 3.76. The Morgan fingerprint density at radius 1 is 1.30 bits per heavy atom. The van der Waals surface area contributed by atoms with Gasteiger partial charge in [-0.05, 0) is 41.9 Å². The predicted molar refractivity (Wildman–Crippen MR) is 93.2 cm³/mol. The van der Waals surface area contributed by atoms with Gasteiger partial charge in [-0.25, -0.2) is 8.42 Å². The van der Waals surface area contributed by atoms with Crippen LogP contribution in [-0.4, -0.2) is 26.3 Å². The van der Waals surface area contributed by atoms with Crippen LogP contribution in [0.5, 0.6) is 0 Å². The number of hydrogen-bond acceptors (Lipinski definition) is 3. The summed E-state index contributed by atoms with van der Waals surface area (Å²) < 4.78 is 22.8. The lowest BCUT2D eigenvalue weighted by atomic mass is 9.85. The number of aryl methyl sites for hydroxylation is 1. The highest BCUT2D eigenvalue weighted by Crippen LogP contribution is 2.32.